The van der Waals surface area contributed by atoms with Crippen molar-refractivity contribution in [2.24, 2.45) is 0 Å². The Morgan fingerprint density at radius 2 is 1.86 bits per heavy atom. The Labute approximate surface area is 163 Å². The topological polar surface area (TPSA) is 47.8 Å². The van der Waals surface area contributed by atoms with Crippen molar-refractivity contribution in [2.45, 2.75) is 17.8 Å². The Morgan fingerprint density at radius 3 is 2.64 bits per heavy atom. The van der Waals surface area contributed by atoms with Crippen molar-refractivity contribution in [2.75, 3.05) is 0 Å². The largest absolute Gasteiger partial charge is 0.268 e. The Balaban J connectivity index is 1.84. The van der Waals surface area contributed by atoms with E-state index < -0.39 is 11.6 Å². The summed E-state index contributed by atoms with van der Waals surface area (Å²) in [7, 11) is 0. The maximum Gasteiger partial charge on any atom is 0.267 e. The minimum atomic E-state index is -0.901. The lowest BCUT2D eigenvalue weighted by atomic mass is 10.2. The van der Waals surface area contributed by atoms with E-state index in [2.05, 4.69) is 9.97 Å². The summed E-state index contributed by atoms with van der Waals surface area (Å²) in [6.45, 7) is 1.90. The van der Waals surface area contributed by atoms with Crippen molar-refractivity contribution < 1.29 is 8.78 Å². The first kappa shape index (κ1) is 18.3. The molecule has 0 aliphatic rings. The number of fused-ring (bicyclic) bond motifs is 1. The van der Waals surface area contributed by atoms with Crippen LogP contribution >= 0.6 is 11.8 Å². The van der Waals surface area contributed by atoms with Crippen LogP contribution in [0.1, 0.15) is 11.1 Å². The lowest BCUT2D eigenvalue weighted by molar-refractivity contribution is 0.502. The van der Waals surface area contributed by atoms with Gasteiger partial charge >= 0.3 is 0 Å². The van der Waals surface area contributed by atoms with Crippen LogP contribution in [0.2, 0.25) is 0 Å². The number of aryl methyl sites for hydroxylation is 1. The Kier molecular flexibility index (Phi) is 4.92. The van der Waals surface area contributed by atoms with Gasteiger partial charge in [-0.2, -0.15) is 0 Å². The smallest absolute Gasteiger partial charge is 0.267 e. The molecule has 0 saturated heterocycles. The highest BCUT2D eigenvalue weighted by Gasteiger charge is 2.16. The minimum absolute atomic E-state index is 0.125. The van der Waals surface area contributed by atoms with E-state index >= 15 is 0 Å². The van der Waals surface area contributed by atoms with Crippen LogP contribution in [0.5, 0.6) is 0 Å². The van der Waals surface area contributed by atoms with E-state index in [-0.39, 0.29) is 16.9 Å². The lowest BCUT2D eigenvalue weighted by Gasteiger charge is -2.13. The molecule has 4 rings (SSSR count). The molecular formula is C21H15F2N3OS. The first-order chi connectivity index (χ1) is 13.5. The second-order valence-electron chi connectivity index (χ2n) is 6.25. The molecule has 0 unspecified atom stereocenters. The molecule has 28 heavy (non-hydrogen) atoms. The molecule has 0 spiro atoms. The first-order valence-electron chi connectivity index (χ1n) is 8.55. The molecule has 2 heterocycles. The fourth-order valence-electron chi connectivity index (χ4n) is 2.81. The van der Waals surface area contributed by atoms with Gasteiger partial charge in [-0.1, -0.05) is 42.1 Å². The van der Waals surface area contributed by atoms with E-state index in [1.165, 1.54) is 16.7 Å². The maximum atomic E-state index is 14.0. The van der Waals surface area contributed by atoms with Crippen LogP contribution in [-0.2, 0) is 5.75 Å². The molecule has 4 nitrogen and oxygen atoms in total. The number of thioether (sulfide) groups is 1. The summed E-state index contributed by atoms with van der Waals surface area (Å²) in [5, 5.41) is 0.829. The summed E-state index contributed by atoms with van der Waals surface area (Å²) in [5.41, 5.74) is 1.44. The van der Waals surface area contributed by atoms with Crippen LogP contribution < -0.4 is 5.56 Å². The number of pyridine rings is 1. The standard InChI is InChI=1S/C21H15F2N3OS/c1-13-9-10-18(24-11-13)26-20(27)15-6-2-3-8-17(15)25-21(26)28-12-14-5-4-7-16(22)19(14)23/h2-11H,12H2,1H3. The van der Waals surface area contributed by atoms with Gasteiger partial charge in [0.1, 0.15) is 5.82 Å². The van der Waals surface area contributed by atoms with E-state index in [0.717, 1.165) is 23.4 Å². The molecule has 0 amide bonds. The summed E-state index contributed by atoms with van der Waals surface area (Å²) in [4.78, 5) is 22.0. The fourth-order valence-corrected chi connectivity index (χ4v) is 3.78. The molecule has 0 bridgehead atoms. The molecule has 0 saturated carbocycles. The normalized spacial score (nSPS) is 11.1. The van der Waals surface area contributed by atoms with Gasteiger partial charge in [-0.25, -0.2) is 23.3 Å². The van der Waals surface area contributed by atoms with Crippen molar-refractivity contribution in [3.05, 3.63) is 93.9 Å². The zero-order valence-corrected chi connectivity index (χ0v) is 15.7. The van der Waals surface area contributed by atoms with E-state index in [1.807, 2.05) is 13.0 Å². The van der Waals surface area contributed by atoms with Crippen molar-refractivity contribution in [1.82, 2.24) is 14.5 Å². The van der Waals surface area contributed by atoms with Crippen LogP contribution in [0.3, 0.4) is 0 Å². The molecule has 0 atom stereocenters. The van der Waals surface area contributed by atoms with Gasteiger partial charge in [-0.15, -0.1) is 0 Å². The van der Waals surface area contributed by atoms with Crippen molar-refractivity contribution in [1.29, 1.82) is 0 Å². The third kappa shape index (κ3) is 3.41. The first-order valence-corrected chi connectivity index (χ1v) is 9.53. The quantitative estimate of drug-likeness (QED) is 0.373. The van der Waals surface area contributed by atoms with Gasteiger partial charge in [0.2, 0.25) is 0 Å². The monoisotopic (exact) mass is 395 g/mol. The van der Waals surface area contributed by atoms with Gasteiger partial charge in [0, 0.05) is 17.5 Å². The molecule has 0 N–H and O–H groups in total. The molecule has 140 valence electrons. The van der Waals surface area contributed by atoms with Gasteiger partial charge in [0.05, 0.1) is 10.9 Å². The number of hydrogen-bond acceptors (Lipinski definition) is 4. The number of rotatable bonds is 4. The number of para-hydroxylation sites is 1. The molecule has 2 aromatic heterocycles. The predicted octanol–water partition coefficient (Wildman–Crippen LogP) is 4.66. The van der Waals surface area contributed by atoms with Gasteiger partial charge < -0.3 is 0 Å². The lowest BCUT2D eigenvalue weighted by Crippen LogP contribution is -2.22. The van der Waals surface area contributed by atoms with Crippen LogP contribution in [0.25, 0.3) is 16.7 Å². The van der Waals surface area contributed by atoms with Gasteiger partial charge in [-0.3, -0.25) is 4.79 Å². The second-order valence-corrected chi connectivity index (χ2v) is 7.19. The number of benzene rings is 2. The zero-order valence-electron chi connectivity index (χ0n) is 14.9. The van der Waals surface area contributed by atoms with Crippen molar-refractivity contribution in [3.63, 3.8) is 0 Å². The predicted molar refractivity (Wildman–Crippen MR) is 106 cm³/mol. The average Bonchev–Trinajstić information content (AvgIpc) is 2.70. The number of aromatic nitrogens is 3. The fraction of sp³-hybridized carbons (Fsp3) is 0.0952. The summed E-state index contributed by atoms with van der Waals surface area (Å²) in [6, 6.07) is 14.6. The summed E-state index contributed by atoms with van der Waals surface area (Å²) < 4.78 is 28.9. The van der Waals surface area contributed by atoms with Crippen molar-refractivity contribution >= 4 is 22.7 Å². The van der Waals surface area contributed by atoms with Gasteiger partial charge in [-0.05, 0) is 36.8 Å². The highest BCUT2D eigenvalue weighted by molar-refractivity contribution is 7.98. The molecule has 0 aliphatic carbocycles. The van der Waals surface area contributed by atoms with E-state index in [4.69, 9.17) is 0 Å². The Hall–Kier alpha value is -3.06. The zero-order chi connectivity index (χ0) is 19.7. The molecule has 0 aliphatic heterocycles. The number of hydrogen-bond donors (Lipinski definition) is 0. The van der Waals surface area contributed by atoms with E-state index in [1.54, 1.807) is 36.5 Å². The van der Waals surface area contributed by atoms with Gasteiger partial charge in [0.25, 0.3) is 5.56 Å². The highest BCUT2D eigenvalue weighted by atomic mass is 32.2. The Bertz CT molecular complexity index is 1220. The minimum Gasteiger partial charge on any atom is -0.268 e. The summed E-state index contributed by atoms with van der Waals surface area (Å²) in [6.07, 6.45) is 1.66. The SMILES string of the molecule is Cc1ccc(-n2c(SCc3cccc(F)c3F)nc3ccccc3c2=O)nc1. The third-order valence-electron chi connectivity index (χ3n) is 4.26. The van der Waals surface area contributed by atoms with Crippen LogP contribution in [-0.4, -0.2) is 14.5 Å². The number of halogens is 2. The molecular weight excluding hydrogens is 380 g/mol. The highest BCUT2D eigenvalue weighted by Crippen LogP contribution is 2.26. The van der Waals surface area contributed by atoms with Crippen molar-refractivity contribution in [3.8, 4) is 5.82 Å². The second kappa shape index (κ2) is 7.52. The van der Waals surface area contributed by atoms with E-state index in [0.29, 0.717) is 21.9 Å². The molecule has 7 heteroatoms. The third-order valence-corrected chi connectivity index (χ3v) is 5.25. The van der Waals surface area contributed by atoms with Crippen LogP contribution in [0, 0.1) is 18.6 Å². The van der Waals surface area contributed by atoms with E-state index in [9.17, 15) is 13.6 Å². The molecule has 0 radical (unpaired) electrons. The van der Waals surface area contributed by atoms with Crippen LogP contribution in [0.15, 0.2) is 70.7 Å². The maximum absolute atomic E-state index is 14.0. The van der Waals surface area contributed by atoms with Gasteiger partial charge in [0.15, 0.2) is 16.8 Å². The average molecular weight is 395 g/mol. The summed E-state index contributed by atoms with van der Waals surface area (Å²) in [5.74, 6) is -1.24. The summed E-state index contributed by atoms with van der Waals surface area (Å²) >= 11 is 1.16. The molecule has 4 aromatic rings. The molecule has 0 fully saturated rings. The Morgan fingerprint density at radius 1 is 1.04 bits per heavy atom. The molecule has 2 aromatic carbocycles. The van der Waals surface area contributed by atoms with Crippen LogP contribution in [0.4, 0.5) is 8.78 Å². The number of nitrogens with zero attached hydrogens (tertiary/aromatic N) is 3.